The number of esters is 1. The second kappa shape index (κ2) is 6.79. The molecule has 0 unspecified atom stereocenters. The van der Waals surface area contributed by atoms with Crippen molar-refractivity contribution in [3.8, 4) is 0 Å². The topological polar surface area (TPSA) is 65.2 Å². The van der Waals surface area contributed by atoms with E-state index in [4.69, 9.17) is 5.73 Å². The van der Waals surface area contributed by atoms with Gasteiger partial charge in [0.15, 0.2) is 5.69 Å². The molecule has 0 amide bonds. The van der Waals surface area contributed by atoms with Crippen LogP contribution in [-0.2, 0) is 28.7 Å². The summed E-state index contributed by atoms with van der Waals surface area (Å²) >= 11 is 0. The van der Waals surface area contributed by atoms with Crippen molar-refractivity contribution >= 4 is 5.97 Å². The molecule has 2 N–H and O–H groups in total. The number of halogens is 5. The third-order valence-electron chi connectivity index (χ3n) is 2.56. The lowest BCUT2D eigenvalue weighted by Crippen LogP contribution is -2.19. The number of carbonyl (C=O) groups excluding carboxylic acids is 1. The number of rotatable bonds is 5. The maximum absolute atomic E-state index is 12.8. The molecule has 0 bridgehead atoms. The lowest BCUT2D eigenvalue weighted by atomic mass is 10.0. The molecule has 0 spiro atoms. The average Bonchev–Trinajstić information content (AvgIpc) is 2.37. The monoisotopic (exact) mass is 312 g/mol. The molecule has 1 aromatic heterocycles. The van der Waals surface area contributed by atoms with Gasteiger partial charge in [-0.25, -0.2) is 13.8 Å². The van der Waals surface area contributed by atoms with Crippen molar-refractivity contribution in [3.05, 3.63) is 28.6 Å². The van der Waals surface area contributed by atoms with E-state index in [1.165, 1.54) is 6.92 Å². The highest BCUT2D eigenvalue weighted by atomic mass is 19.4. The molecule has 1 rings (SSSR count). The molecule has 0 aliphatic rings. The Kier molecular flexibility index (Phi) is 5.59. The van der Waals surface area contributed by atoms with Crippen LogP contribution in [0.15, 0.2) is 6.07 Å². The number of carbonyl (C=O) groups is 1. The van der Waals surface area contributed by atoms with Crippen LogP contribution in [0.4, 0.5) is 22.0 Å². The number of ether oxygens (including phenoxy) is 1. The van der Waals surface area contributed by atoms with Gasteiger partial charge in [-0.15, -0.1) is 0 Å². The maximum atomic E-state index is 12.8. The molecule has 0 radical (unpaired) electrons. The van der Waals surface area contributed by atoms with Crippen LogP contribution >= 0.6 is 0 Å². The molecular formula is C12H13F5N2O2. The van der Waals surface area contributed by atoms with Crippen LogP contribution in [0.3, 0.4) is 0 Å². The Hall–Kier alpha value is -1.77. The molecule has 0 aliphatic carbocycles. The molecule has 0 aliphatic heterocycles. The molecule has 1 aromatic rings. The summed E-state index contributed by atoms with van der Waals surface area (Å²) in [5, 5.41) is 0. The second-order valence-electron chi connectivity index (χ2n) is 4.02. The fraction of sp³-hybridized carbons (Fsp3) is 0.500. The van der Waals surface area contributed by atoms with Gasteiger partial charge in [0.25, 0.3) is 6.43 Å². The number of hydrogen-bond donors (Lipinski definition) is 1. The normalized spacial score (nSPS) is 11.8. The minimum Gasteiger partial charge on any atom is -0.466 e. The van der Waals surface area contributed by atoms with Gasteiger partial charge in [0, 0.05) is 12.1 Å². The van der Waals surface area contributed by atoms with Crippen molar-refractivity contribution in [2.75, 3.05) is 6.61 Å². The van der Waals surface area contributed by atoms with E-state index >= 15 is 0 Å². The first-order valence-corrected chi connectivity index (χ1v) is 5.94. The first-order valence-electron chi connectivity index (χ1n) is 5.94. The van der Waals surface area contributed by atoms with Crippen molar-refractivity contribution < 1.29 is 31.5 Å². The molecule has 0 saturated heterocycles. The van der Waals surface area contributed by atoms with Crippen molar-refractivity contribution in [2.24, 2.45) is 5.73 Å². The number of nitrogens with two attached hydrogens (primary N) is 1. The Morgan fingerprint density at radius 3 is 2.48 bits per heavy atom. The quantitative estimate of drug-likeness (QED) is 0.670. The van der Waals surface area contributed by atoms with Gasteiger partial charge >= 0.3 is 12.1 Å². The minimum atomic E-state index is -5.03. The van der Waals surface area contributed by atoms with E-state index in [0.29, 0.717) is 6.07 Å². The summed E-state index contributed by atoms with van der Waals surface area (Å²) in [5.74, 6) is -0.756. The molecule has 0 aromatic carbocycles. The third kappa shape index (κ3) is 4.35. The van der Waals surface area contributed by atoms with Crippen LogP contribution in [0.2, 0.25) is 0 Å². The number of nitrogens with zero attached hydrogens (tertiary/aromatic N) is 1. The largest absolute Gasteiger partial charge is 0.466 e. The SMILES string of the molecule is CCOC(=O)Cc1cc(C(F)F)c(C(F)(F)F)nc1CN. The van der Waals surface area contributed by atoms with E-state index < -0.39 is 42.8 Å². The molecule has 0 saturated carbocycles. The Morgan fingerprint density at radius 1 is 1.43 bits per heavy atom. The van der Waals surface area contributed by atoms with Crippen molar-refractivity contribution in [3.63, 3.8) is 0 Å². The van der Waals surface area contributed by atoms with Crippen LogP contribution in [0.5, 0.6) is 0 Å². The number of aromatic nitrogens is 1. The van der Waals surface area contributed by atoms with Crippen LogP contribution in [0.25, 0.3) is 0 Å². The number of alkyl halides is 5. The minimum absolute atomic E-state index is 0.0621. The zero-order chi connectivity index (χ0) is 16.2. The first kappa shape index (κ1) is 17.3. The lowest BCUT2D eigenvalue weighted by Gasteiger charge is -2.16. The summed E-state index contributed by atoms with van der Waals surface area (Å²) in [6, 6.07) is 0.611. The van der Waals surface area contributed by atoms with Crippen molar-refractivity contribution in [2.45, 2.75) is 32.5 Å². The molecule has 9 heteroatoms. The van der Waals surface area contributed by atoms with E-state index in [1.54, 1.807) is 0 Å². The Morgan fingerprint density at radius 2 is 2.05 bits per heavy atom. The van der Waals surface area contributed by atoms with Crippen LogP contribution in [0, 0.1) is 0 Å². The van der Waals surface area contributed by atoms with Crippen LogP contribution in [-0.4, -0.2) is 17.6 Å². The third-order valence-corrected chi connectivity index (χ3v) is 2.56. The summed E-state index contributed by atoms with van der Waals surface area (Å²) in [7, 11) is 0. The smallest absolute Gasteiger partial charge is 0.433 e. The highest BCUT2D eigenvalue weighted by Crippen LogP contribution is 2.36. The zero-order valence-corrected chi connectivity index (χ0v) is 11.0. The maximum Gasteiger partial charge on any atom is 0.433 e. The van der Waals surface area contributed by atoms with Crippen molar-refractivity contribution in [1.29, 1.82) is 0 Å². The molecule has 4 nitrogen and oxygen atoms in total. The lowest BCUT2D eigenvalue weighted by molar-refractivity contribution is -0.143. The molecule has 0 atom stereocenters. The van der Waals surface area contributed by atoms with Gasteiger partial charge in [0.1, 0.15) is 0 Å². The summed E-state index contributed by atoms with van der Waals surface area (Å²) in [6.45, 7) is 1.19. The molecule has 118 valence electrons. The van der Waals surface area contributed by atoms with E-state index in [1.807, 2.05) is 0 Å². The highest BCUT2D eigenvalue weighted by molar-refractivity contribution is 5.73. The Balaban J connectivity index is 3.33. The summed E-state index contributed by atoms with van der Waals surface area (Å²) in [5.41, 5.74) is 1.94. The predicted octanol–water partition coefficient (Wildman–Crippen LogP) is 2.60. The van der Waals surface area contributed by atoms with E-state index in [0.717, 1.165) is 0 Å². The van der Waals surface area contributed by atoms with Gasteiger partial charge in [-0.3, -0.25) is 4.79 Å². The predicted molar refractivity (Wildman–Crippen MR) is 62.4 cm³/mol. The van der Waals surface area contributed by atoms with Gasteiger partial charge in [-0.2, -0.15) is 13.2 Å². The van der Waals surface area contributed by atoms with Crippen LogP contribution < -0.4 is 5.73 Å². The molecule has 21 heavy (non-hydrogen) atoms. The van der Waals surface area contributed by atoms with Gasteiger partial charge in [-0.05, 0) is 18.6 Å². The summed E-state index contributed by atoms with van der Waals surface area (Å²) in [6.07, 6.45) is -8.87. The summed E-state index contributed by atoms with van der Waals surface area (Å²) < 4.78 is 68.3. The zero-order valence-electron chi connectivity index (χ0n) is 11.0. The standard InChI is InChI=1S/C12H13F5N2O2/c1-2-21-9(20)4-6-3-7(11(13)14)10(12(15,16)17)19-8(6)5-18/h3,11H,2,4-5,18H2,1H3. The van der Waals surface area contributed by atoms with Gasteiger partial charge in [0.05, 0.1) is 18.7 Å². The fourth-order valence-electron chi connectivity index (χ4n) is 1.70. The second-order valence-corrected chi connectivity index (χ2v) is 4.02. The van der Waals surface area contributed by atoms with Crippen molar-refractivity contribution in [1.82, 2.24) is 4.98 Å². The average molecular weight is 312 g/mol. The molecular weight excluding hydrogens is 299 g/mol. The first-order chi connectivity index (χ1) is 9.70. The number of hydrogen-bond acceptors (Lipinski definition) is 4. The van der Waals surface area contributed by atoms with E-state index in [-0.39, 0.29) is 17.9 Å². The van der Waals surface area contributed by atoms with E-state index in [9.17, 15) is 26.7 Å². The highest BCUT2D eigenvalue weighted by Gasteiger charge is 2.38. The van der Waals surface area contributed by atoms with Gasteiger partial charge in [-0.1, -0.05) is 0 Å². The summed E-state index contributed by atoms with van der Waals surface area (Å²) in [4.78, 5) is 14.5. The van der Waals surface area contributed by atoms with E-state index in [2.05, 4.69) is 9.72 Å². The fourth-order valence-corrected chi connectivity index (χ4v) is 1.70. The van der Waals surface area contributed by atoms with Crippen LogP contribution in [0.1, 0.15) is 35.9 Å². The number of pyridine rings is 1. The van der Waals surface area contributed by atoms with Gasteiger partial charge in [0.2, 0.25) is 0 Å². The molecule has 0 fully saturated rings. The Bertz CT molecular complexity index is 517. The molecule has 1 heterocycles. The Labute approximate surface area is 117 Å². The van der Waals surface area contributed by atoms with Gasteiger partial charge < -0.3 is 10.5 Å².